The minimum absolute atomic E-state index is 0.193. The van der Waals surface area contributed by atoms with Crippen LogP contribution in [0.5, 0.6) is 5.75 Å². The molecule has 0 bridgehead atoms. The number of aromatic nitrogens is 3. The number of rotatable bonds is 3. The van der Waals surface area contributed by atoms with Crippen molar-refractivity contribution in [2.45, 2.75) is 45.6 Å². The van der Waals surface area contributed by atoms with Crippen LogP contribution in [-0.4, -0.2) is 45.3 Å². The summed E-state index contributed by atoms with van der Waals surface area (Å²) in [6.07, 6.45) is 3.44. The molecule has 2 aromatic rings. The number of aryl methyl sites for hydroxylation is 2. The lowest BCUT2D eigenvalue weighted by molar-refractivity contribution is -0.132. The lowest BCUT2D eigenvalue weighted by Gasteiger charge is -2.33. The van der Waals surface area contributed by atoms with E-state index < -0.39 is 0 Å². The number of benzene rings is 1. The van der Waals surface area contributed by atoms with Crippen LogP contribution in [-0.2, 0) is 17.6 Å². The highest BCUT2D eigenvalue weighted by Crippen LogP contribution is 2.27. The van der Waals surface area contributed by atoms with Gasteiger partial charge in [-0.1, -0.05) is 12.1 Å². The van der Waals surface area contributed by atoms with Gasteiger partial charge in [-0.05, 0) is 43.9 Å². The molecule has 2 aliphatic rings. The number of nitrogens with zero attached hydrogens (tertiary/aromatic N) is 4. The van der Waals surface area contributed by atoms with Crippen LogP contribution in [0.3, 0.4) is 0 Å². The maximum atomic E-state index is 12.8. The highest BCUT2D eigenvalue weighted by atomic mass is 16.5. The van der Waals surface area contributed by atoms with Gasteiger partial charge in [-0.3, -0.25) is 4.79 Å². The standard InChI is InChI=1S/C19H24N4O2/c1-13-20-14(2)23(21-13)17-4-3-8-22(12-17)19(24)11-15-5-6-18-16(10-15)7-9-25-18/h5-6,10,17H,3-4,7-9,11-12H2,1-2H3. The molecule has 1 aromatic carbocycles. The number of carbonyl (C=O) groups excluding carboxylic acids is 1. The van der Waals surface area contributed by atoms with Crippen LogP contribution in [0.4, 0.5) is 0 Å². The summed E-state index contributed by atoms with van der Waals surface area (Å²) >= 11 is 0. The summed E-state index contributed by atoms with van der Waals surface area (Å²) in [5.41, 5.74) is 2.29. The monoisotopic (exact) mass is 340 g/mol. The van der Waals surface area contributed by atoms with E-state index in [-0.39, 0.29) is 11.9 Å². The molecule has 3 heterocycles. The number of fused-ring (bicyclic) bond motifs is 1. The highest BCUT2D eigenvalue weighted by molar-refractivity contribution is 5.79. The molecule has 1 fully saturated rings. The maximum absolute atomic E-state index is 12.8. The Balaban J connectivity index is 1.44. The zero-order valence-corrected chi connectivity index (χ0v) is 14.9. The fraction of sp³-hybridized carbons (Fsp3) is 0.526. The minimum atomic E-state index is 0.193. The first-order valence-electron chi connectivity index (χ1n) is 9.02. The Hall–Kier alpha value is -2.37. The van der Waals surface area contributed by atoms with Crippen molar-refractivity contribution in [1.29, 1.82) is 0 Å². The lowest BCUT2D eigenvalue weighted by Crippen LogP contribution is -2.41. The van der Waals surface area contributed by atoms with Crippen LogP contribution >= 0.6 is 0 Å². The van der Waals surface area contributed by atoms with E-state index in [2.05, 4.69) is 16.1 Å². The van der Waals surface area contributed by atoms with E-state index in [1.807, 2.05) is 35.6 Å². The summed E-state index contributed by atoms with van der Waals surface area (Å²) in [5, 5.41) is 4.50. The number of likely N-dealkylation sites (tertiary alicyclic amines) is 1. The van der Waals surface area contributed by atoms with E-state index in [1.54, 1.807) is 0 Å². The Kier molecular flexibility index (Phi) is 4.19. The van der Waals surface area contributed by atoms with Gasteiger partial charge in [0.15, 0.2) is 0 Å². The van der Waals surface area contributed by atoms with Gasteiger partial charge in [0.2, 0.25) is 5.91 Å². The second-order valence-corrected chi connectivity index (χ2v) is 7.00. The smallest absolute Gasteiger partial charge is 0.227 e. The average molecular weight is 340 g/mol. The molecule has 132 valence electrons. The first-order chi connectivity index (χ1) is 12.1. The molecule has 1 saturated heterocycles. The molecule has 1 unspecified atom stereocenters. The molecule has 6 nitrogen and oxygen atoms in total. The van der Waals surface area contributed by atoms with Crippen LogP contribution in [0.25, 0.3) is 0 Å². The SMILES string of the molecule is Cc1nc(C)n(C2CCCN(C(=O)Cc3ccc4c(c3)CCO4)C2)n1. The number of hydrogen-bond acceptors (Lipinski definition) is 4. The molecular formula is C19H24N4O2. The van der Waals surface area contributed by atoms with Gasteiger partial charge in [0, 0.05) is 19.5 Å². The molecule has 1 amide bonds. The first kappa shape index (κ1) is 16.1. The number of ether oxygens (including phenoxy) is 1. The average Bonchev–Trinajstić information content (AvgIpc) is 3.20. The second-order valence-electron chi connectivity index (χ2n) is 7.00. The van der Waals surface area contributed by atoms with Crippen molar-refractivity contribution in [3.8, 4) is 5.75 Å². The molecule has 0 N–H and O–H groups in total. The first-order valence-corrected chi connectivity index (χ1v) is 9.02. The Labute approximate surface area is 147 Å². The van der Waals surface area contributed by atoms with Gasteiger partial charge >= 0.3 is 0 Å². The van der Waals surface area contributed by atoms with E-state index >= 15 is 0 Å². The number of piperidine rings is 1. The van der Waals surface area contributed by atoms with Crippen molar-refractivity contribution in [3.63, 3.8) is 0 Å². The molecule has 0 aliphatic carbocycles. The van der Waals surface area contributed by atoms with Crippen molar-refractivity contribution in [3.05, 3.63) is 41.0 Å². The molecule has 1 atom stereocenters. The summed E-state index contributed by atoms with van der Waals surface area (Å²) in [6, 6.07) is 6.35. The van der Waals surface area contributed by atoms with Crippen molar-refractivity contribution >= 4 is 5.91 Å². The Morgan fingerprint density at radius 2 is 2.24 bits per heavy atom. The highest BCUT2D eigenvalue weighted by Gasteiger charge is 2.26. The minimum Gasteiger partial charge on any atom is -0.493 e. The fourth-order valence-corrected chi connectivity index (χ4v) is 3.90. The van der Waals surface area contributed by atoms with Crippen molar-refractivity contribution in [2.24, 2.45) is 0 Å². The van der Waals surface area contributed by atoms with E-state index in [0.29, 0.717) is 6.42 Å². The van der Waals surface area contributed by atoms with Gasteiger partial charge < -0.3 is 9.64 Å². The van der Waals surface area contributed by atoms with Gasteiger partial charge in [0.05, 0.1) is 19.1 Å². The summed E-state index contributed by atoms with van der Waals surface area (Å²) in [7, 11) is 0. The Morgan fingerprint density at radius 3 is 3.04 bits per heavy atom. The third-order valence-electron chi connectivity index (χ3n) is 5.11. The van der Waals surface area contributed by atoms with Gasteiger partial charge in [-0.2, -0.15) is 5.10 Å². The molecule has 25 heavy (non-hydrogen) atoms. The third-order valence-corrected chi connectivity index (χ3v) is 5.11. The fourth-order valence-electron chi connectivity index (χ4n) is 3.90. The van der Waals surface area contributed by atoms with Gasteiger partial charge in [-0.15, -0.1) is 0 Å². The molecular weight excluding hydrogens is 316 g/mol. The van der Waals surface area contributed by atoms with Gasteiger partial charge in [-0.25, -0.2) is 9.67 Å². The van der Waals surface area contributed by atoms with Crippen LogP contribution < -0.4 is 4.74 Å². The van der Waals surface area contributed by atoms with Crippen LogP contribution in [0.2, 0.25) is 0 Å². The summed E-state index contributed by atoms with van der Waals surface area (Å²) in [6.45, 7) is 6.18. The maximum Gasteiger partial charge on any atom is 0.227 e. The lowest BCUT2D eigenvalue weighted by atomic mass is 10.0. The van der Waals surface area contributed by atoms with E-state index in [0.717, 1.165) is 61.9 Å². The van der Waals surface area contributed by atoms with Crippen molar-refractivity contribution < 1.29 is 9.53 Å². The van der Waals surface area contributed by atoms with E-state index in [9.17, 15) is 4.79 Å². The number of carbonyl (C=O) groups is 1. The van der Waals surface area contributed by atoms with E-state index in [1.165, 1.54) is 5.56 Å². The zero-order valence-electron chi connectivity index (χ0n) is 14.9. The second kappa shape index (κ2) is 6.50. The summed E-state index contributed by atoms with van der Waals surface area (Å²) in [4.78, 5) is 19.2. The number of hydrogen-bond donors (Lipinski definition) is 0. The normalized spacial score (nSPS) is 19.6. The van der Waals surface area contributed by atoms with Crippen LogP contribution in [0.15, 0.2) is 18.2 Å². The molecule has 1 aromatic heterocycles. The Morgan fingerprint density at radius 1 is 1.36 bits per heavy atom. The largest absolute Gasteiger partial charge is 0.493 e. The predicted octanol–water partition coefficient (Wildman–Crippen LogP) is 2.24. The van der Waals surface area contributed by atoms with Gasteiger partial charge in [0.25, 0.3) is 0 Å². The quantitative estimate of drug-likeness (QED) is 0.860. The topological polar surface area (TPSA) is 60.2 Å². The van der Waals surface area contributed by atoms with Gasteiger partial charge in [0.1, 0.15) is 17.4 Å². The van der Waals surface area contributed by atoms with E-state index in [4.69, 9.17) is 4.74 Å². The molecule has 0 spiro atoms. The van der Waals surface area contributed by atoms with Crippen molar-refractivity contribution in [2.75, 3.05) is 19.7 Å². The summed E-state index contributed by atoms with van der Waals surface area (Å²) < 4.78 is 7.53. The van der Waals surface area contributed by atoms with Crippen LogP contribution in [0, 0.1) is 13.8 Å². The van der Waals surface area contributed by atoms with Crippen molar-refractivity contribution in [1.82, 2.24) is 19.7 Å². The van der Waals surface area contributed by atoms with Crippen LogP contribution in [0.1, 0.15) is 41.7 Å². The molecule has 2 aliphatic heterocycles. The molecule has 0 saturated carbocycles. The predicted molar refractivity (Wildman–Crippen MR) is 93.7 cm³/mol. The zero-order chi connectivity index (χ0) is 17.4. The Bertz CT molecular complexity index is 799. The number of amides is 1. The summed E-state index contributed by atoms with van der Waals surface area (Å²) in [5.74, 6) is 2.88. The molecule has 6 heteroatoms. The molecule has 4 rings (SSSR count). The molecule has 0 radical (unpaired) electrons. The third kappa shape index (κ3) is 3.25.